The maximum Gasteiger partial charge on any atom is 0.267 e. The van der Waals surface area contributed by atoms with Crippen LogP contribution in [0.5, 0.6) is 11.5 Å². The number of benzene rings is 2. The summed E-state index contributed by atoms with van der Waals surface area (Å²) in [4.78, 5) is 28.9. The van der Waals surface area contributed by atoms with Gasteiger partial charge in [0.25, 0.3) is 5.91 Å². The van der Waals surface area contributed by atoms with E-state index < -0.39 is 29.7 Å². The normalized spacial score (nSPS) is 19.6. The molecule has 7 nitrogen and oxygen atoms in total. The van der Waals surface area contributed by atoms with Gasteiger partial charge in [-0.15, -0.1) is 0 Å². The van der Waals surface area contributed by atoms with Crippen LogP contribution in [0.15, 0.2) is 42.5 Å². The van der Waals surface area contributed by atoms with E-state index in [1.165, 1.54) is 0 Å². The topological polar surface area (TPSA) is 71.1 Å². The summed E-state index contributed by atoms with van der Waals surface area (Å²) in [5.41, 5.74) is -0.194. The molecule has 0 radical (unpaired) electrons. The molecular weight excluding hydrogens is 408 g/mol. The van der Waals surface area contributed by atoms with Gasteiger partial charge in [-0.2, -0.15) is 0 Å². The van der Waals surface area contributed by atoms with Crippen molar-refractivity contribution in [3.05, 3.63) is 54.1 Å². The smallest absolute Gasteiger partial charge is 0.267 e. The number of rotatable bonds is 4. The van der Waals surface area contributed by atoms with Crippen LogP contribution >= 0.6 is 0 Å². The van der Waals surface area contributed by atoms with Crippen molar-refractivity contribution in [2.24, 2.45) is 0 Å². The van der Waals surface area contributed by atoms with E-state index in [1.807, 2.05) is 17.0 Å². The van der Waals surface area contributed by atoms with Gasteiger partial charge in [0.05, 0.1) is 11.7 Å². The molecule has 0 aliphatic carbocycles. The summed E-state index contributed by atoms with van der Waals surface area (Å²) in [6, 6.07) is 9.53. The van der Waals surface area contributed by atoms with Crippen molar-refractivity contribution < 1.29 is 27.8 Å². The Labute approximate surface area is 178 Å². The Morgan fingerprint density at radius 2 is 1.77 bits per heavy atom. The van der Waals surface area contributed by atoms with E-state index in [0.717, 1.165) is 18.2 Å². The van der Waals surface area contributed by atoms with Crippen LogP contribution in [-0.4, -0.2) is 66.5 Å². The Kier molecular flexibility index (Phi) is 6.03. The van der Waals surface area contributed by atoms with E-state index in [-0.39, 0.29) is 18.2 Å². The number of anilines is 1. The number of amides is 2. The number of hydrogen-bond donors (Lipinski definition) is 1. The van der Waals surface area contributed by atoms with Gasteiger partial charge in [-0.25, -0.2) is 8.78 Å². The molecule has 2 aliphatic rings. The molecule has 2 aromatic carbocycles. The van der Waals surface area contributed by atoms with E-state index in [4.69, 9.17) is 9.47 Å². The molecule has 164 valence electrons. The van der Waals surface area contributed by atoms with Crippen molar-refractivity contribution in [2.45, 2.75) is 19.1 Å². The van der Waals surface area contributed by atoms with Crippen LogP contribution < -0.4 is 14.8 Å². The Morgan fingerprint density at radius 3 is 2.52 bits per heavy atom. The maximum atomic E-state index is 13.8. The number of ether oxygens (including phenoxy) is 2. The fourth-order valence-corrected chi connectivity index (χ4v) is 3.67. The molecule has 1 saturated heterocycles. The molecule has 1 N–H and O–H groups in total. The number of para-hydroxylation sites is 2. The van der Waals surface area contributed by atoms with Gasteiger partial charge in [0.1, 0.15) is 18.2 Å². The quantitative estimate of drug-likeness (QED) is 0.805. The van der Waals surface area contributed by atoms with E-state index in [2.05, 4.69) is 5.32 Å². The number of halogens is 2. The lowest BCUT2D eigenvalue weighted by Gasteiger charge is -2.39. The number of fused-ring (bicyclic) bond motifs is 1. The summed E-state index contributed by atoms with van der Waals surface area (Å²) >= 11 is 0. The van der Waals surface area contributed by atoms with Gasteiger partial charge in [0.15, 0.2) is 11.5 Å². The lowest BCUT2D eigenvalue weighted by molar-refractivity contribution is -0.143. The minimum absolute atomic E-state index is 0.147. The summed E-state index contributed by atoms with van der Waals surface area (Å²) in [5, 5.41) is 2.43. The molecule has 2 aliphatic heterocycles. The standard InChI is InChI=1S/C22H23F2N3O4/c1-14(21(28)25-17-12-15(23)6-7-16(17)24)26-8-10-27(11-9-26)22(29)20-13-30-18-4-2-3-5-19(18)31-20/h2-7,12,14,20H,8-11,13H2,1H3,(H,25,28)/t14-,20+/m1/s1. The largest absolute Gasteiger partial charge is 0.485 e. The van der Waals surface area contributed by atoms with E-state index in [0.29, 0.717) is 37.7 Å². The first-order chi connectivity index (χ1) is 14.9. The third-order valence-electron chi connectivity index (χ3n) is 5.52. The lowest BCUT2D eigenvalue weighted by Crippen LogP contribution is -2.57. The molecule has 0 aromatic heterocycles. The summed E-state index contributed by atoms with van der Waals surface area (Å²) in [5.74, 6) is -0.772. The first kappa shape index (κ1) is 21.0. The SMILES string of the molecule is C[C@H](C(=O)Nc1cc(F)ccc1F)N1CCN(C(=O)[C@@H]2COc3ccccc3O2)CC1. The van der Waals surface area contributed by atoms with Crippen LogP contribution in [0.3, 0.4) is 0 Å². The molecular formula is C22H23F2N3O4. The fraction of sp³-hybridized carbons (Fsp3) is 0.364. The van der Waals surface area contributed by atoms with E-state index >= 15 is 0 Å². The number of nitrogens with one attached hydrogen (secondary N) is 1. The van der Waals surface area contributed by atoms with Gasteiger partial charge in [-0.1, -0.05) is 12.1 Å². The molecule has 0 spiro atoms. The minimum Gasteiger partial charge on any atom is -0.485 e. The third-order valence-corrected chi connectivity index (χ3v) is 5.52. The highest BCUT2D eigenvalue weighted by Crippen LogP contribution is 2.31. The molecule has 4 rings (SSSR count). The average molecular weight is 431 g/mol. The second-order valence-electron chi connectivity index (χ2n) is 7.51. The van der Waals surface area contributed by atoms with Crippen molar-refractivity contribution >= 4 is 17.5 Å². The van der Waals surface area contributed by atoms with Gasteiger partial charge >= 0.3 is 0 Å². The van der Waals surface area contributed by atoms with E-state index in [1.54, 1.807) is 24.0 Å². The van der Waals surface area contributed by atoms with Crippen LogP contribution in [0, 0.1) is 11.6 Å². The molecule has 1 fully saturated rings. The monoisotopic (exact) mass is 431 g/mol. The second kappa shape index (κ2) is 8.89. The number of piperazine rings is 1. The van der Waals surface area contributed by atoms with Gasteiger partial charge < -0.3 is 19.7 Å². The highest BCUT2D eigenvalue weighted by Gasteiger charge is 2.34. The molecule has 0 unspecified atom stereocenters. The first-order valence-electron chi connectivity index (χ1n) is 10.1. The summed E-state index contributed by atoms with van der Waals surface area (Å²) in [7, 11) is 0. The second-order valence-corrected chi connectivity index (χ2v) is 7.51. The zero-order valence-corrected chi connectivity index (χ0v) is 17.0. The number of nitrogens with zero attached hydrogens (tertiary/aromatic N) is 2. The highest BCUT2D eigenvalue weighted by atomic mass is 19.1. The average Bonchev–Trinajstić information content (AvgIpc) is 2.80. The van der Waals surface area contributed by atoms with Crippen LogP contribution in [0.25, 0.3) is 0 Å². The predicted octanol–water partition coefficient (Wildman–Crippen LogP) is 2.28. The zero-order valence-electron chi connectivity index (χ0n) is 17.0. The third kappa shape index (κ3) is 4.61. The Balaban J connectivity index is 1.30. The molecule has 2 amide bonds. The summed E-state index contributed by atoms with van der Waals surface area (Å²) < 4.78 is 38.5. The maximum absolute atomic E-state index is 13.8. The predicted molar refractivity (Wildman–Crippen MR) is 109 cm³/mol. The Morgan fingerprint density at radius 1 is 1.06 bits per heavy atom. The van der Waals surface area contributed by atoms with Crippen molar-refractivity contribution in [2.75, 3.05) is 38.1 Å². The first-order valence-corrected chi connectivity index (χ1v) is 10.1. The van der Waals surface area contributed by atoms with Crippen LogP contribution in [0.2, 0.25) is 0 Å². The van der Waals surface area contributed by atoms with Crippen molar-refractivity contribution in [1.82, 2.24) is 9.80 Å². The molecule has 2 atom stereocenters. The Bertz CT molecular complexity index is 979. The van der Waals surface area contributed by atoms with Gasteiger partial charge in [-0.05, 0) is 31.2 Å². The van der Waals surface area contributed by atoms with Gasteiger partial charge in [-0.3, -0.25) is 14.5 Å². The van der Waals surface area contributed by atoms with Gasteiger partial charge in [0.2, 0.25) is 12.0 Å². The van der Waals surface area contributed by atoms with Crippen molar-refractivity contribution in [3.8, 4) is 11.5 Å². The molecule has 31 heavy (non-hydrogen) atoms. The molecule has 0 bridgehead atoms. The zero-order chi connectivity index (χ0) is 22.0. The lowest BCUT2D eigenvalue weighted by atomic mass is 10.2. The van der Waals surface area contributed by atoms with Crippen LogP contribution in [-0.2, 0) is 9.59 Å². The van der Waals surface area contributed by atoms with Gasteiger partial charge in [0, 0.05) is 32.2 Å². The minimum atomic E-state index is -0.710. The number of carbonyl (C=O) groups is 2. The Hall–Kier alpha value is -3.20. The molecule has 9 heteroatoms. The number of hydrogen-bond acceptors (Lipinski definition) is 5. The summed E-state index contributed by atoms with van der Waals surface area (Å²) in [6.45, 7) is 3.62. The van der Waals surface area contributed by atoms with Crippen molar-refractivity contribution in [1.29, 1.82) is 0 Å². The van der Waals surface area contributed by atoms with E-state index in [9.17, 15) is 18.4 Å². The van der Waals surface area contributed by atoms with Crippen LogP contribution in [0.4, 0.5) is 14.5 Å². The fourth-order valence-electron chi connectivity index (χ4n) is 3.67. The molecule has 2 aromatic rings. The molecule has 0 saturated carbocycles. The van der Waals surface area contributed by atoms with Crippen LogP contribution in [0.1, 0.15) is 6.92 Å². The number of carbonyl (C=O) groups excluding carboxylic acids is 2. The molecule has 2 heterocycles. The summed E-state index contributed by atoms with van der Waals surface area (Å²) in [6.07, 6.45) is -0.710. The van der Waals surface area contributed by atoms with Crippen molar-refractivity contribution in [3.63, 3.8) is 0 Å². The highest BCUT2D eigenvalue weighted by molar-refractivity contribution is 5.94.